The van der Waals surface area contributed by atoms with E-state index in [0.29, 0.717) is 22.5 Å². The molecular weight excluding hydrogens is 307 g/mol. The standard InChI is InChI=1S/C20H17FO3/c1-23-19-9-5-3-7-15(19)11-17-13-24-12-16(20(17)22)10-14-6-2-4-8-18(14)21/h2-11H,12-13H2,1H3/b16-10+,17-11+. The Morgan fingerprint density at radius 3 is 2.21 bits per heavy atom. The molecule has 0 saturated carbocycles. The molecule has 0 N–H and O–H groups in total. The van der Waals surface area contributed by atoms with Crippen LogP contribution in [0.25, 0.3) is 12.2 Å². The molecule has 0 aromatic heterocycles. The van der Waals surface area contributed by atoms with E-state index in [-0.39, 0.29) is 24.8 Å². The van der Waals surface area contributed by atoms with E-state index in [1.165, 1.54) is 6.07 Å². The van der Waals surface area contributed by atoms with Gasteiger partial charge in [-0.25, -0.2) is 4.39 Å². The lowest BCUT2D eigenvalue weighted by molar-refractivity contribution is -0.114. The maximum absolute atomic E-state index is 13.8. The number of hydrogen-bond acceptors (Lipinski definition) is 3. The van der Waals surface area contributed by atoms with Crippen molar-refractivity contribution in [3.05, 3.63) is 76.6 Å². The first-order valence-electron chi connectivity index (χ1n) is 7.60. The van der Waals surface area contributed by atoms with Crippen LogP contribution in [-0.4, -0.2) is 26.1 Å². The molecule has 0 unspecified atom stereocenters. The van der Waals surface area contributed by atoms with Gasteiger partial charge < -0.3 is 9.47 Å². The first kappa shape index (κ1) is 16.1. The molecule has 3 nitrogen and oxygen atoms in total. The number of methoxy groups -OCH3 is 1. The van der Waals surface area contributed by atoms with Crippen molar-refractivity contribution in [1.29, 1.82) is 0 Å². The van der Waals surface area contributed by atoms with Gasteiger partial charge in [0.15, 0.2) is 5.78 Å². The van der Waals surface area contributed by atoms with Gasteiger partial charge >= 0.3 is 0 Å². The molecule has 1 saturated heterocycles. The Balaban J connectivity index is 1.93. The van der Waals surface area contributed by atoms with E-state index in [9.17, 15) is 9.18 Å². The second-order valence-electron chi connectivity index (χ2n) is 5.42. The fourth-order valence-electron chi connectivity index (χ4n) is 2.58. The van der Waals surface area contributed by atoms with Crippen LogP contribution < -0.4 is 4.74 Å². The molecule has 4 heteroatoms. The average molecular weight is 324 g/mol. The highest BCUT2D eigenvalue weighted by molar-refractivity contribution is 6.14. The van der Waals surface area contributed by atoms with E-state index in [1.807, 2.05) is 24.3 Å². The second-order valence-corrected chi connectivity index (χ2v) is 5.42. The summed E-state index contributed by atoms with van der Waals surface area (Å²) in [5, 5.41) is 0. The van der Waals surface area contributed by atoms with Crippen LogP contribution in [0.1, 0.15) is 11.1 Å². The summed E-state index contributed by atoms with van der Waals surface area (Å²) in [4.78, 5) is 12.7. The molecule has 2 aromatic carbocycles. The van der Waals surface area contributed by atoms with E-state index >= 15 is 0 Å². The summed E-state index contributed by atoms with van der Waals surface area (Å²) in [5.74, 6) is 0.192. The van der Waals surface area contributed by atoms with Gasteiger partial charge in [-0.15, -0.1) is 0 Å². The largest absolute Gasteiger partial charge is 0.496 e. The number of hydrogen-bond donors (Lipinski definition) is 0. The highest BCUT2D eigenvalue weighted by atomic mass is 19.1. The molecule has 0 bridgehead atoms. The molecule has 24 heavy (non-hydrogen) atoms. The zero-order valence-electron chi connectivity index (χ0n) is 13.3. The molecule has 0 radical (unpaired) electrons. The average Bonchev–Trinajstić information content (AvgIpc) is 2.61. The lowest BCUT2D eigenvalue weighted by Gasteiger charge is -2.18. The molecular formula is C20H17FO3. The minimum absolute atomic E-state index is 0.129. The summed E-state index contributed by atoms with van der Waals surface area (Å²) in [6.45, 7) is 0.405. The third-order valence-electron chi connectivity index (χ3n) is 3.80. The summed E-state index contributed by atoms with van der Waals surface area (Å²) in [7, 11) is 1.58. The Kier molecular flexibility index (Phi) is 4.87. The summed E-state index contributed by atoms with van der Waals surface area (Å²) >= 11 is 0. The maximum Gasteiger partial charge on any atom is 0.189 e. The van der Waals surface area contributed by atoms with Gasteiger partial charge in [0.1, 0.15) is 11.6 Å². The number of ketones is 1. The molecule has 0 amide bonds. The zero-order chi connectivity index (χ0) is 16.9. The van der Waals surface area contributed by atoms with Crippen LogP contribution in [0.4, 0.5) is 4.39 Å². The topological polar surface area (TPSA) is 35.5 Å². The maximum atomic E-state index is 13.8. The Labute approximate surface area is 140 Å². The molecule has 2 aromatic rings. The third kappa shape index (κ3) is 3.44. The predicted octanol–water partition coefficient (Wildman–Crippen LogP) is 3.90. The molecule has 1 aliphatic heterocycles. The van der Waals surface area contributed by atoms with E-state index in [2.05, 4.69) is 0 Å². The minimum atomic E-state index is -0.362. The molecule has 3 rings (SSSR count). The SMILES string of the molecule is COc1ccccc1/C=C1\COC/C(=C\c2ccccc2F)C1=O. The van der Waals surface area contributed by atoms with Crippen molar-refractivity contribution < 1.29 is 18.7 Å². The van der Waals surface area contributed by atoms with E-state index in [4.69, 9.17) is 9.47 Å². The number of halogens is 1. The minimum Gasteiger partial charge on any atom is -0.496 e. The highest BCUT2D eigenvalue weighted by Crippen LogP contribution is 2.24. The number of ether oxygens (including phenoxy) is 2. The zero-order valence-corrected chi connectivity index (χ0v) is 13.3. The summed E-state index contributed by atoms with van der Waals surface area (Å²) in [5.41, 5.74) is 2.14. The molecule has 0 spiro atoms. The summed E-state index contributed by atoms with van der Waals surface area (Å²) in [6.07, 6.45) is 3.31. The monoisotopic (exact) mass is 324 g/mol. The number of benzene rings is 2. The number of para-hydroxylation sites is 1. The Morgan fingerprint density at radius 1 is 0.958 bits per heavy atom. The van der Waals surface area contributed by atoms with Crippen molar-refractivity contribution in [3.8, 4) is 5.75 Å². The number of rotatable bonds is 3. The van der Waals surface area contributed by atoms with Crippen LogP contribution in [0.3, 0.4) is 0 Å². The first-order chi connectivity index (χ1) is 11.7. The smallest absolute Gasteiger partial charge is 0.189 e. The lowest BCUT2D eigenvalue weighted by Crippen LogP contribution is -2.22. The molecule has 0 atom stereocenters. The summed E-state index contributed by atoms with van der Waals surface area (Å²) in [6, 6.07) is 13.8. The van der Waals surface area contributed by atoms with Crippen molar-refractivity contribution in [2.45, 2.75) is 0 Å². The Bertz CT molecular complexity index is 821. The molecule has 0 aliphatic carbocycles. The normalized spacial score (nSPS) is 18.2. The van der Waals surface area contributed by atoms with Gasteiger partial charge in [0, 0.05) is 22.3 Å². The molecule has 1 heterocycles. The highest BCUT2D eigenvalue weighted by Gasteiger charge is 2.22. The van der Waals surface area contributed by atoms with Gasteiger partial charge in [-0.2, -0.15) is 0 Å². The molecule has 122 valence electrons. The van der Waals surface area contributed by atoms with Crippen molar-refractivity contribution in [3.63, 3.8) is 0 Å². The molecule has 1 fully saturated rings. The van der Waals surface area contributed by atoms with Crippen LogP contribution in [0.2, 0.25) is 0 Å². The number of carbonyl (C=O) groups is 1. The van der Waals surface area contributed by atoms with Gasteiger partial charge in [0.05, 0.1) is 20.3 Å². The summed E-state index contributed by atoms with van der Waals surface area (Å²) < 4.78 is 24.6. The third-order valence-corrected chi connectivity index (χ3v) is 3.80. The first-order valence-corrected chi connectivity index (χ1v) is 7.60. The Hall–Kier alpha value is -2.72. The van der Waals surface area contributed by atoms with Gasteiger partial charge in [0.2, 0.25) is 0 Å². The van der Waals surface area contributed by atoms with Crippen molar-refractivity contribution in [2.75, 3.05) is 20.3 Å². The number of Topliss-reactive ketones (excluding diaryl/α,β-unsaturated/α-hetero) is 1. The van der Waals surface area contributed by atoms with Crippen LogP contribution in [0, 0.1) is 5.82 Å². The van der Waals surface area contributed by atoms with E-state index < -0.39 is 0 Å². The van der Waals surface area contributed by atoms with Crippen LogP contribution >= 0.6 is 0 Å². The van der Waals surface area contributed by atoms with Crippen molar-refractivity contribution >= 4 is 17.9 Å². The van der Waals surface area contributed by atoms with Crippen molar-refractivity contribution in [2.24, 2.45) is 0 Å². The molecule has 1 aliphatic rings. The van der Waals surface area contributed by atoms with Gasteiger partial charge in [-0.1, -0.05) is 36.4 Å². The quantitative estimate of drug-likeness (QED) is 0.803. The van der Waals surface area contributed by atoms with Crippen LogP contribution in [0.5, 0.6) is 5.75 Å². The van der Waals surface area contributed by atoms with E-state index in [1.54, 1.807) is 37.5 Å². The van der Waals surface area contributed by atoms with Crippen LogP contribution in [-0.2, 0) is 9.53 Å². The fraction of sp³-hybridized carbons (Fsp3) is 0.150. The fourth-order valence-corrected chi connectivity index (χ4v) is 2.58. The van der Waals surface area contributed by atoms with E-state index in [0.717, 1.165) is 5.56 Å². The van der Waals surface area contributed by atoms with Gasteiger partial charge in [-0.05, 0) is 24.3 Å². The Morgan fingerprint density at radius 2 is 1.54 bits per heavy atom. The number of carbonyl (C=O) groups excluding carboxylic acids is 1. The predicted molar refractivity (Wildman–Crippen MR) is 91.2 cm³/mol. The van der Waals surface area contributed by atoms with Gasteiger partial charge in [-0.3, -0.25) is 4.79 Å². The van der Waals surface area contributed by atoms with Crippen molar-refractivity contribution in [1.82, 2.24) is 0 Å². The van der Waals surface area contributed by atoms with Crippen LogP contribution in [0.15, 0.2) is 59.7 Å². The van der Waals surface area contributed by atoms with Gasteiger partial charge in [0.25, 0.3) is 0 Å². The lowest BCUT2D eigenvalue weighted by atomic mass is 9.97. The second kappa shape index (κ2) is 7.23.